The van der Waals surface area contributed by atoms with Crippen LogP contribution in [0.3, 0.4) is 0 Å². The Morgan fingerprint density at radius 2 is 1.62 bits per heavy atom. The van der Waals surface area contributed by atoms with Crippen molar-refractivity contribution in [1.82, 2.24) is 0 Å². The summed E-state index contributed by atoms with van der Waals surface area (Å²) in [5.41, 5.74) is 2.42. The Bertz CT molecular complexity index is 1160. The predicted octanol–water partition coefficient (Wildman–Crippen LogP) is 4.89. The molecule has 0 aliphatic rings. The fourth-order valence-corrected chi connectivity index (χ4v) is 4.77. The minimum atomic E-state index is -4.07. The molecule has 0 saturated carbocycles. The molecule has 32 heavy (non-hydrogen) atoms. The Kier molecular flexibility index (Phi) is 7.53. The number of benzene rings is 3. The molecule has 0 atom stereocenters. The van der Waals surface area contributed by atoms with Crippen LogP contribution in [0.15, 0.2) is 77.7 Å². The van der Waals surface area contributed by atoms with Gasteiger partial charge in [-0.3, -0.25) is 4.79 Å². The number of rotatable bonds is 9. The highest BCUT2D eigenvalue weighted by Crippen LogP contribution is 2.27. The second-order valence-electron chi connectivity index (χ2n) is 7.40. The van der Waals surface area contributed by atoms with Crippen LogP contribution in [0, 0.1) is 13.8 Å². The number of hydrogen-bond acceptors (Lipinski definition) is 5. The molecule has 3 aromatic carbocycles. The molecule has 6 nitrogen and oxygen atoms in total. The third-order valence-corrected chi connectivity index (χ3v) is 6.70. The molecule has 0 fully saturated rings. The number of aryl methyl sites for hydroxylation is 2. The van der Waals surface area contributed by atoms with E-state index >= 15 is 0 Å². The zero-order chi connectivity index (χ0) is 23.1. The topological polar surface area (TPSA) is 72.9 Å². The van der Waals surface area contributed by atoms with Crippen molar-refractivity contribution < 1.29 is 22.7 Å². The van der Waals surface area contributed by atoms with Gasteiger partial charge in [0.25, 0.3) is 10.0 Å². The SMILES string of the molecule is COc1ccc(N(C(=O)CCCOc2ccc(C)cc2C)S(=O)(=O)c2ccccc2)cc1. The van der Waals surface area contributed by atoms with Crippen LogP contribution in [0.5, 0.6) is 11.5 Å². The molecule has 3 rings (SSSR count). The first-order valence-electron chi connectivity index (χ1n) is 10.3. The first kappa shape index (κ1) is 23.3. The Morgan fingerprint density at radius 3 is 2.25 bits per heavy atom. The molecule has 168 valence electrons. The van der Waals surface area contributed by atoms with Crippen LogP contribution in [0.2, 0.25) is 0 Å². The maximum absolute atomic E-state index is 13.3. The number of anilines is 1. The Hall–Kier alpha value is -3.32. The van der Waals surface area contributed by atoms with Crippen molar-refractivity contribution in [2.45, 2.75) is 31.6 Å². The van der Waals surface area contributed by atoms with Crippen molar-refractivity contribution in [2.24, 2.45) is 0 Å². The molecule has 7 heteroatoms. The van der Waals surface area contributed by atoms with E-state index in [0.717, 1.165) is 21.2 Å². The Morgan fingerprint density at radius 1 is 0.938 bits per heavy atom. The predicted molar refractivity (Wildman–Crippen MR) is 125 cm³/mol. The molecule has 0 spiro atoms. The highest BCUT2D eigenvalue weighted by Gasteiger charge is 2.30. The number of nitrogens with zero attached hydrogens (tertiary/aromatic N) is 1. The van der Waals surface area contributed by atoms with Crippen LogP contribution in [-0.2, 0) is 14.8 Å². The van der Waals surface area contributed by atoms with Gasteiger partial charge >= 0.3 is 0 Å². The van der Waals surface area contributed by atoms with Crippen molar-refractivity contribution in [2.75, 3.05) is 18.0 Å². The van der Waals surface area contributed by atoms with Gasteiger partial charge in [-0.15, -0.1) is 0 Å². The number of amides is 1. The van der Waals surface area contributed by atoms with Gasteiger partial charge < -0.3 is 9.47 Å². The number of ether oxygens (including phenoxy) is 2. The minimum absolute atomic E-state index is 0.0169. The lowest BCUT2D eigenvalue weighted by Gasteiger charge is -2.23. The van der Waals surface area contributed by atoms with E-state index < -0.39 is 15.9 Å². The van der Waals surface area contributed by atoms with Crippen LogP contribution < -0.4 is 13.8 Å². The second-order valence-corrected chi connectivity index (χ2v) is 9.18. The van der Waals surface area contributed by atoms with Gasteiger partial charge in [0, 0.05) is 6.42 Å². The lowest BCUT2D eigenvalue weighted by atomic mass is 10.1. The smallest absolute Gasteiger partial charge is 0.270 e. The quantitative estimate of drug-likeness (QED) is 0.431. The summed E-state index contributed by atoms with van der Waals surface area (Å²) >= 11 is 0. The minimum Gasteiger partial charge on any atom is -0.497 e. The van der Waals surface area contributed by atoms with Crippen LogP contribution in [0.1, 0.15) is 24.0 Å². The molecule has 3 aromatic rings. The lowest BCUT2D eigenvalue weighted by molar-refractivity contribution is -0.117. The van der Waals surface area contributed by atoms with Gasteiger partial charge in [0.1, 0.15) is 11.5 Å². The van der Waals surface area contributed by atoms with E-state index in [1.54, 1.807) is 42.5 Å². The van der Waals surface area contributed by atoms with Gasteiger partial charge in [0.2, 0.25) is 5.91 Å². The number of sulfonamides is 1. The fraction of sp³-hybridized carbons (Fsp3) is 0.240. The maximum Gasteiger partial charge on any atom is 0.270 e. The molecule has 0 N–H and O–H groups in total. The van der Waals surface area contributed by atoms with E-state index in [4.69, 9.17) is 9.47 Å². The number of hydrogen-bond donors (Lipinski definition) is 0. The standard InChI is InChI=1S/C25H27NO5S/c1-19-11-16-24(20(2)18-19)31-17-7-10-25(27)26(21-12-14-22(30-3)15-13-21)32(28,29)23-8-5-4-6-9-23/h4-6,8-9,11-16,18H,7,10,17H2,1-3H3. The van der Waals surface area contributed by atoms with Crippen molar-refractivity contribution in [3.8, 4) is 11.5 Å². The third-order valence-electron chi connectivity index (χ3n) is 4.94. The zero-order valence-corrected chi connectivity index (χ0v) is 19.3. The molecule has 0 aliphatic carbocycles. The van der Waals surface area contributed by atoms with Gasteiger partial charge in [-0.05, 0) is 68.3 Å². The summed E-state index contributed by atoms with van der Waals surface area (Å²) < 4.78 is 38.4. The number of methoxy groups -OCH3 is 1. The van der Waals surface area contributed by atoms with E-state index in [9.17, 15) is 13.2 Å². The molecule has 0 saturated heterocycles. The summed E-state index contributed by atoms with van der Waals surface area (Å²) in [5.74, 6) is 0.801. The van der Waals surface area contributed by atoms with Crippen LogP contribution in [0.4, 0.5) is 5.69 Å². The van der Waals surface area contributed by atoms with Crippen LogP contribution in [0.25, 0.3) is 0 Å². The normalized spacial score (nSPS) is 11.1. The van der Waals surface area contributed by atoms with E-state index in [1.165, 1.54) is 19.2 Å². The maximum atomic E-state index is 13.3. The largest absolute Gasteiger partial charge is 0.497 e. The monoisotopic (exact) mass is 453 g/mol. The van der Waals surface area contributed by atoms with Gasteiger partial charge in [-0.1, -0.05) is 35.9 Å². The van der Waals surface area contributed by atoms with Crippen LogP contribution in [-0.4, -0.2) is 28.0 Å². The highest BCUT2D eigenvalue weighted by molar-refractivity contribution is 7.93. The van der Waals surface area contributed by atoms with Crippen molar-refractivity contribution in [1.29, 1.82) is 0 Å². The highest BCUT2D eigenvalue weighted by atomic mass is 32.2. The molecule has 0 aromatic heterocycles. The second kappa shape index (κ2) is 10.3. The van der Waals surface area contributed by atoms with Gasteiger partial charge in [-0.25, -0.2) is 12.7 Å². The lowest BCUT2D eigenvalue weighted by Crippen LogP contribution is -2.37. The van der Waals surface area contributed by atoms with E-state index in [-0.39, 0.29) is 17.0 Å². The summed E-state index contributed by atoms with van der Waals surface area (Å²) in [5, 5.41) is 0. The number of carbonyl (C=O) groups is 1. The molecule has 0 heterocycles. The molecule has 1 amide bonds. The van der Waals surface area contributed by atoms with E-state index in [0.29, 0.717) is 18.8 Å². The first-order chi connectivity index (χ1) is 15.3. The molecule has 0 bridgehead atoms. The van der Waals surface area contributed by atoms with Crippen LogP contribution >= 0.6 is 0 Å². The van der Waals surface area contributed by atoms with Crippen molar-refractivity contribution >= 4 is 21.6 Å². The summed E-state index contributed by atoms with van der Waals surface area (Å²) in [7, 11) is -2.55. The molecular weight excluding hydrogens is 426 g/mol. The third kappa shape index (κ3) is 5.48. The van der Waals surface area contributed by atoms with Crippen molar-refractivity contribution in [3.05, 3.63) is 83.9 Å². The summed E-state index contributed by atoms with van der Waals surface area (Å²) in [6.45, 7) is 4.28. The number of carbonyl (C=O) groups excluding carboxylic acids is 1. The molecular formula is C25H27NO5S. The first-order valence-corrected chi connectivity index (χ1v) is 11.7. The zero-order valence-electron chi connectivity index (χ0n) is 18.4. The van der Waals surface area contributed by atoms with Gasteiger partial charge in [-0.2, -0.15) is 0 Å². The molecule has 0 unspecified atom stereocenters. The average Bonchev–Trinajstić information content (AvgIpc) is 2.79. The Balaban J connectivity index is 1.77. The Labute approximate surface area is 189 Å². The molecule has 0 aliphatic heterocycles. The fourth-order valence-electron chi connectivity index (χ4n) is 3.30. The molecule has 0 radical (unpaired) electrons. The average molecular weight is 454 g/mol. The summed E-state index contributed by atoms with van der Waals surface area (Å²) in [4.78, 5) is 13.2. The van der Waals surface area contributed by atoms with Gasteiger partial charge in [0.05, 0.1) is 24.3 Å². The van der Waals surface area contributed by atoms with E-state index in [2.05, 4.69) is 0 Å². The van der Waals surface area contributed by atoms with Crippen molar-refractivity contribution in [3.63, 3.8) is 0 Å². The summed E-state index contributed by atoms with van der Waals surface area (Å²) in [6, 6.07) is 20.2. The summed E-state index contributed by atoms with van der Waals surface area (Å²) in [6.07, 6.45) is 0.395. The van der Waals surface area contributed by atoms with Gasteiger partial charge in [0.15, 0.2) is 0 Å². The van der Waals surface area contributed by atoms with E-state index in [1.807, 2.05) is 32.0 Å².